The number of carbonyl (C=O) groups excluding carboxylic acids is 1. The number of esters is 1. The van der Waals surface area contributed by atoms with Crippen LogP contribution in [-0.4, -0.2) is 18.4 Å². The lowest BCUT2D eigenvalue weighted by molar-refractivity contribution is -0.140. The Bertz CT molecular complexity index is 301. The first-order valence-electron chi connectivity index (χ1n) is 5.35. The molecule has 0 fully saturated rings. The predicted octanol–water partition coefficient (Wildman–Crippen LogP) is 2.90. The van der Waals surface area contributed by atoms with Crippen LogP contribution in [0.15, 0.2) is 0 Å². The highest BCUT2D eigenvalue weighted by Gasteiger charge is 1.97. The van der Waals surface area contributed by atoms with Crippen molar-refractivity contribution in [3.05, 3.63) is 0 Å². The van der Waals surface area contributed by atoms with E-state index >= 15 is 0 Å². The zero-order valence-corrected chi connectivity index (χ0v) is 11.2. The number of hydrogen-bond acceptors (Lipinski definition) is 2. The normalized spacial score (nSPS) is 8.38. The summed E-state index contributed by atoms with van der Waals surface area (Å²) in [6.07, 6.45) is 5.00. The minimum absolute atomic E-state index is 0.129. The van der Waals surface area contributed by atoms with E-state index in [4.69, 9.17) is 0 Å². The van der Waals surface area contributed by atoms with Crippen LogP contribution in [0.2, 0.25) is 0 Å². The van der Waals surface area contributed by atoms with Gasteiger partial charge in [-0.25, -0.2) is 0 Å². The standard InChI is InChI=1S/C13H17BrO2/c1-16-13(15)11-9-7-5-3-2-4-6-8-10-12-14/h3,5-7,9,11-12H2,1H3. The highest BCUT2D eigenvalue weighted by molar-refractivity contribution is 9.09. The van der Waals surface area contributed by atoms with Crippen molar-refractivity contribution < 1.29 is 9.53 Å². The zero-order valence-electron chi connectivity index (χ0n) is 9.64. The molecule has 0 saturated heterocycles. The lowest BCUT2D eigenvalue weighted by atomic mass is 10.1. The Hall–Kier alpha value is -0.930. The SMILES string of the molecule is COC(=O)CCCCCC#CCC#CCBr. The third kappa shape index (κ3) is 11.1. The highest BCUT2D eigenvalue weighted by Crippen LogP contribution is 2.02. The smallest absolute Gasteiger partial charge is 0.305 e. The van der Waals surface area contributed by atoms with E-state index < -0.39 is 0 Å². The van der Waals surface area contributed by atoms with Crippen molar-refractivity contribution in [1.29, 1.82) is 0 Å². The summed E-state index contributed by atoms with van der Waals surface area (Å²) in [4.78, 5) is 10.8. The van der Waals surface area contributed by atoms with Crippen LogP contribution in [0.5, 0.6) is 0 Å². The maximum Gasteiger partial charge on any atom is 0.305 e. The summed E-state index contributed by atoms with van der Waals surface area (Å²) >= 11 is 3.22. The summed E-state index contributed by atoms with van der Waals surface area (Å²) in [5, 5.41) is 0.711. The second kappa shape index (κ2) is 12.1. The van der Waals surface area contributed by atoms with Gasteiger partial charge in [0.1, 0.15) is 0 Å². The molecule has 0 aliphatic heterocycles. The molecule has 0 radical (unpaired) electrons. The van der Waals surface area contributed by atoms with Gasteiger partial charge < -0.3 is 4.74 Å². The number of carbonyl (C=O) groups is 1. The summed E-state index contributed by atoms with van der Waals surface area (Å²) in [6.45, 7) is 0. The maximum atomic E-state index is 10.8. The molecule has 0 saturated carbocycles. The van der Waals surface area contributed by atoms with Gasteiger partial charge >= 0.3 is 5.97 Å². The fraction of sp³-hybridized carbons (Fsp3) is 0.615. The van der Waals surface area contributed by atoms with Gasteiger partial charge in [-0.15, -0.1) is 5.92 Å². The maximum absolute atomic E-state index is 10.8. The van der Waals surface area contributed by atoms with Gasteiger partial charge in [-0.3, -0.25) is 4.79 Å². The molecular formula is C13H17BrO2. The number of hydrogen-bond donors (Lipinski definition) is 0. The average molecular weight is 285 g/mol. The van der Waals surface area contributed by atoms with Gasteiger partial charge in [-0.1, -0.05) is 40.1 Å². The van der Waals surface area contributed by atoms with Gasteiger partial charge in [0.15, 0.2) is 0 Å². The molecule has 3 heteroatoms. The number of alkyl halides is 1. The van der Waals surface area contributed by atoms with Crippen molar-refractivity contribution in [3.8, 4) is 23.7 Å². The Morgan fingerprint density at radius 1 is 1.12 bits per heavy atom. The van der Waals surface area contributed by atoms with E-state index in [-0.39, 0.29) is 5.97 Å². The van der Waals surface area contributed by atoms with Gasteiger partial charge in [0.05, 0.1) is 18.9 Å². The molecule has 16 heavy (non-hydrogen) atoms. The first kappa shape index (κ1) is 15.1. The number of methoxy groups -OCH3 is 1. The molecule has 0 unspecified atom stereocenters. The van der Waals surface area contributed by atoms with Crippen LogP contribution in [0, 0.1) is 23.7 Å². The average Bonchev–Trinajstić information content (AvgIpc) is 2.31. The number of halogens is 1. The minimum Gasteiger partial charge on any atom is -0.469 e. The largest absolute Gasteiger partial charge is 0.469 e. The third-order valence-corrected chi connectivity index (χ3v) is 2.18. The lowest BCUT2D eigenvalue weighted by Crippen LogP contribution is -1.98. The quantitative estimate of drug-likeness (QED) is 0.336. The Kier molecular flexibility index (Phi) is 11.4. The van der Waals surface area contributed by atoms with Crippen molar-refractivity contribution in [2.24, 2.45) is 0 Å². The highest BCUT2D eigenvalue weighted by atomic mass is 79.9. The Morgan fingerprint density at radius 3 is 2.56 bits per heavy atom. The van der Waals surface area contributed by atoms with E-state index in [2.05, 4.69) is 44.3 Å². The molecule has 0 heterocycles. The molecule has 0 aliphatic rings. The number of ether oxygens (including phenoxy) is 1. The van der Waals surface area contributed by atoms with Crippen molar-refractivity contribution in [1.82, 2.24) is 0 Å². The van der Waals surface area contributed by atoms with Crippen molar-refractivity contribution in [3.63, 3.8) is 0 Å². The summed E-state index contributed by atoms with van der Waals surface area (Å²) in [5.74, 6) is 11.7. The Balaban J connectivity index is 3.29. The molecular weight excluding hydrogens is 268 g/mol. The first-order chi connectivity index (χ1) is 7.81. The van der Waals surface area contributed by atoms with Gasteiger partial charge in [-0.2, -0.15) is 0 Å². The Labute approximate surface area is 106 Å². The molecule has 0 atom stereocenters. The van der Waals surface area contributed by atoms with Crippen molar-refractivity contribution in [2.75, 3.05) is 12.4 Å². The molecule has 0 N–H and O–H groups in total. The first-order valence-corrected chi connectivity index (χ1v) is 6.47. The molecule has 0 bridgehead atoms. The molecule has 88 valence electrons. The molecule has 0 amide bonds. The van der Waals surface area contributed by atoms with E-state index in [1.165, 1.54) is 7.11 Å². The van der Waals surface area contributed by atoms with E-state index in [0.29, 0.717) is 18.2 Å². The summed E-state index contributed by atoms with van der Waals surface area (Å²) in [7, 11) is 1.42. The minimum atomic E-state index is -0.129. The van der Waals surface area contributed by atoms with Crippen LogP contribution >= 0.6 is 15.9 Å². The molecule has 0 aromatic heterocycles. The fourth-order valence-electron chi connectivity index (χ4n) is 1.07. The second-order valence-electron chi connectivity index (χ2n) is 3.15. The topological polar surface area (TPSA) is 26.3 Å². The molecule has 0 rings (SSSR count). The molecule has 0 aromatic carbocycles. The fourth-order valence-corrected chi connectivity index (χ4v) is 1.26. The van der Waals surface area contributed by atoms with Gasteiger partial charge in [0, 0.05) is 12.8 Å². The van der Waals surface area contributed by atoms with E-state index in [9.17, 15) is 4.79 Å². The monoisotopic (exact) mass is 284 g/mol. The van der Waals surface area contributed by atoms with Crippen LogP contribution in [0.25, 0.3) is 0 Å². The third-order valence-electron chi connectivity index (χ3n) is 1.90. The molecule has 0 aliphatic carbocycles. The molecule has 0 spiro atoms. The Morgan fingerprint density at radius 2 is 1.88 bits per heavy atom. The van der Waals surface area contributed by atoms with E-state index in [1.54, 1.807) is 0 Å². The van der Waals surface area contributed by atoms with Crippen LogP contribution in [0.1, 0.15) is 38.5 Å². The second-order valence-corrected chi connectivity index (χ2v) is 3.72. The van der Waals surface area contributed by atoms with Crippen LogP contribution in [0.3, 0.4) is 0 Å². The zero-order chi connectivity index (χ0) is 12.1. The van der Waals surface area contributed by atoms with Crippen LogP contribution < -0.4 is 0 Å². The van der Waals surface area contributed by atoms with Gasteiger partial charge in [-0.05, 0) is 12.8 Å². The summed E-state index contributed by atoms with van der Waals surface area (Å²) in [5.41, 5.74) is 0. The van der Waals surface area contributed by atoms with Crippen LogP contribution in [-0.2, 0) is 9.53 Å². The summed E-state index contributed by atoms with van der Waals surface area (Å²) < 4.78 is 4.55. The lowest BCUT2D eigenvalue weighted by Gasteiger charge is -1.97. The van der Waals surface area contributed by atoms with E-state index in [0.717, 1.165) is 25.7 Å². The van der Waals surface area contributed by atoms with Crippen molar-refractivity contribution >= 4 is 21.9 Å². The predicted molar refractivity (Wildman–Crippen MR) is 69.1 cm³/mol. The molecule has 0 aromatic rings. The molecule has 2 nitrogen and oxygen atoms in total. The number of rotatable bonds is 5. The summed E-state index contributed by atoms with van der Waals surface area (Å²) in [6, 6.07) is 0. The number of unbranched alkanes of at least 4 members (excludes halogenated alkanes) is 3. The van der Waals surface area contributed by atoms with Gasteiger partial charge in [0.25, 0.3) is 0 Å². The van der Waals surface area contributed by atoms with Crippen LogP contribution in [0.4, 0.5) is 0 Å². The van der Waals surface area contributed by atoms with Crippen molar-refractivity contribution in [2.45, 2.75) is 38.5 Å². The van der Waals surface area contributed by atoms with E-state index in [1.807, 2.05) is 0 Å². The van der Waals surface area contributed by atoms with Gasteiger partial charge in [0.2, 0.25) is 0 Å².